The summed E-state index contributed by atoms with van der Waals surface area (Å²) in [5, 5.41) is 6.14. The maximum absolute atomic E-state index is 6.18. The predicted octanol–water partition coefficient (Wildman–Crippen LogP) is 12.3. The molecule has 0 amide bonds. The lowest BCUT2D eigenvalue weighted by Crippen LogP contribution is -2.00. The summed E-state index contributed by atoms with van der Waals surface area (Å²) in [6.07, 6.45) is 7.27. The zero-order valence-electron chi connectivity index (χ0n) is 31.3. The largest absolute Gasteiger partial charge is 0.456 e. The SMILES string of the molecule is c1cc(-c2nc(-c3cccc(-c4cc5cccnc5c5ncccc45)c3)nc(-c3ccc4oc5ccccc5c4c3)n2)cc(-c2cc3cccnc3c3ncccc23)c1. The summed E-state index contributed by atoms with van der Waals surface area (Å²) < 4.78 is 6.18. The van der Waals surface area contributed by atoms with Crippen LogP contribution >= 0.6 is 0 Å². The van der Waals surface area contributed by atoms with Crippen molar-refractivity contribution in [3.63, 3.8) is 0 Å². The molecule has 8 nitrogen and oxygen atoms in total. The molecule has 6 aromatic carbocycles. The molecule has 0 unspecified atom stereocenters. The van der Waals surface area contributed by atoms with Gasteiger partial charge in [0.15, 0.2) is 17.5 Å². The van der Waals surface area contributed by atoms with Gasteiger partial charge in [-0.3, -0.25) is 19.9 Å². The minimum absolute atomic E-state index is 0.561. The molecule has 0 spiro atoms. The van der Waals surface area contributed by atoms with Crippen LogP contribution in [0.25, 0.3) is 122 Å². The summed E-state index contributed by atoms with van der Waals surface area (Å²) >= 11 is 0. The fourth-order valence-corrected chi connectivity index (χ4v) is 8.31. The quantitative estimate of drug-likeness (QED) is 0.160. The molecule has 0 N–H and O–H groups in total. The number of hydrogen-bond acceptors (Lipinski definition) is 8. The van der Waals surface area contributed by atoms with Gasteiger partial charge in [0.25, 0.3) is 0 Å². The number of hydrogen-bond donors (Lipinski definition) is 0. The molecular weight excluding hydrogens is 727 g/mol. The molecule has 0 bridgehead atoms. The van der Waals surface area contributed by atoms with Crippen molar-refractivity contribution in [2.75, 3.05) is 0 Å². The molecule has 0 aliphatic carbocycles. The van der Waals surface area contributed by atoms with Gasteiger partial charge in [-0.1, -0.05) is 78.9 Å². The molecule has 0 atom stereocenters. The molecule has 0 aliphatic rings. The highest BCUT2D eigenvalue weighted by molar-refractivity contribution is 6.11. The van der Waals surface area contributed by atoms with Gasteiger partial charge in [0, 0.05) is 73.8 Å². The molecule has 0 fully saturated rings. The summed E-state index contributed by atoms with van der Waals surface area (Å²) in [4.78, 5) is 34.4. The van der Waals surface area contributed by atoms with Gasteiger partial charge in [-0.15, -0.1) is 0 Å². The van der Waals surface area contributed by atoms with Gasteiger partial charge in [-0.25, -0.2) is 15.0 Å². The van der Waals surface area contributed by atoms with Crippen molar-refractivity contribution in [1.82, 2.24) is 34.9 Å². The second-order valence-electron chi connectivity index (χ2n) is 14.6. The van der Waals surface area contributed by atoms with Crippen molar-refractivity contribution in [2.45, 2.75) is 0 Å². The fourth-order valence-electron chi connectivity index (χ4n) is 8.31. The van der Waals surface area contributed by atoms with E-state index in [-0.39, 0.29) is 0 Å². The van der Waals surface area contributed by atoms with Crippen LogP contribution in [0.1, 0.15) is 0 Å². The van der Waals surface area contributed by atoms with Gasteiger partial charge in [-0.05, 0) is 95.1 Å². The van der Waals surface area contributed by atoms with Crippen LogP contribution in [0.4, 0.5) is 0 Å². The lowest BCUT2D eigenvalue weighted by atomic mass is 9.96. The van der Waals surface area contributed by atoms with Crippen molar-refractivity contribution in [1.29, 1.82) is 0 Å². The molecule has 8 heteroatoms. The molecule has 0 aliphatic heterocycles. The summed E-state index contributed by atoms with van der Waals surface area (Å²) in [5.41, 5.74) is 11.9. The summed E-state index contributed by atoms with van der Waals surface area (Å²) in [7, 11) is 0. The lowest BCUT2D eigenvalue weighted by Gasteiger charge is -2.13. The second kappa shape index (κ2) is 13.2. The normalized spacial score (nSPS) is 11.7. The van der Waals surface area contributed by atoms with E-state index in [2.05, 4.69) is 107 Å². The van der Waals surface area contributed by atoms with E-state index in [9.17, 15) is 0 Å². The Kier molecular flexibility index (Phi) is 7.36. The van der Waals surface area contributed by atoms with Gasteiger partial charge in [-0.2, -0.15) is 0 Å². The third-order valence-electron chi connectivity index (χ3n) is 11.1. The molecule has 59 heavy (non-hydrogen) atoms. The maximum atomic E-state index is 6.18. The van der Waals surface area contributed by atoms with Crippen LogP contribution in [0, 0.1) is 0 Å². The predicted molar refractivity (Wildman–Crippen MR) is 235 cm³/mol. The number of aromatic nitrogens is 7. The van der Waals surface area contributed by atoms with Crippen LogP contribution < -0.4 is 0 Å². The summed E-state index contributed by atoms with van der Waals surface area (Å²) in [5.74, 6) is 1.68. The number of furan rings is 1. The first-order chi connectivity index (χ1) is 29.2. The lowest BCUT2D eigenvalue weighted by molar-refractivity contribution is 0.669. The molecule has 0 saturated heterocycles. The number of benzene rings is 6. The van der Waals surface area contributed by atoms with Gasteiger partial charge in [0.1, 0.15) is 11.2 Å². The minimum atomic E-state index is 0.561. The Labute approximate surface area is 336 Å². The van der Waals surface area contributed by atoms with Crippen LogP contribution in [-0.4, -0.2) is 34.9 Å². The number of rotatable bonds is 5. The average molecular weight is 756 g/mol. The number of nitrogens with zero attached hydrogens (tertiary/aromatic N) is 7. The topological polar surface area (TPSA) is 103 Å². The van der Waals surface area contributed by atoms with E-state index in [1.165, 1.54) is 0 Å². The Morgan fingerprint density at radius 1 is 0.305 bits per heavy atom. The molecule has 274 valence electrons. The molecule has 6 heterocycles. The van der Waals surface area contributed by atoms with Crippen LogP contribution in [0.5, 0.6) is 0 Å². The number of pyridine rings is 4. The standard InChI is InChI=1S/C51H29N7O/c1-2-18-43-37(15-1)42-29-36(19-20-44(42)59-43)51-57-49(34-11-3-9-30(25-34)40-27-32-13-5-21-52-45(32)47-38(40)16-7-23-54-47)56-50(58-51)35-12-4-10-31(26-35)41-28-33-14-6-22-53-46(33)48-39(41)17-8-24-55-48/h1-29H. The number of fused-ring (bicyclic) bond motifs is 9. The van der Waals surface area contributed by atoms with Gasteiger partial charge >= 0.3 is 0 Å². The first-order valence-corrected chi connectivity index (χ1v) is 19.4. The zero-order valence-corrected chi connectivity index (χ0v) is 31.3. The van der Waals surface area contributed by atoms with E-state index >= 15 is 0 Å². The summed E-state index contributed by atoms with van der Waals surface area (Å²) in [6, 6.07) is 51.6. The van der Waals surface area contributed by atoms with Crippen LogP contribution in [0.3, 0.4) is 0 Å². The van der Waals surface area contributed by atoms with Gasteiger partial charge in [0.2, 0.25) is 0 Å². The first-order valence-electron chi connectivity index (χ1n) is 19.4. The van der Waals surface area contributed by atoms with Gasteiger partial charge in [0.05, 0.1) is 22.1 Å². The van der Waals surface area contributed by atoms with Gasteiger partial charge < -0.3 is 4.42 Å². The Morgan fingerprint density at radius 2 is 0.763 bits per heavy atom. The molecule has 12 rings (SSSR count). The van der Waals surface area contributed by atoms with E-state index in [0.717, 1.165) is 104 Å². The monoisotopic (exact) mass is 755 g/mol. The zero-order chi connectivity index (χ0) is 38.9. The van der Waals surface area contributed by atoms with Crippen LogP contribution in [-0.2, 0) is 0 Å². The fraction of sp³-hybridized carbons (Fsp3) is 0. The van der Waals surface area contributed by atoms with Crippen molar-refractivity contribution < 1.29 is 4.42 Å². The Hall–Kier alpha value is -8.23. The van der Waals surface area contributed by atoms with Crippen molar-refractivity contribution in [3.8, 4) is 56.4 Å². The van der Waals surface area contributed by atoms with Crippen molar-refractivity contribution in [3.05, 3.63) is 176 Å². The highest BCUT2D eigenvalue weighted by atomic mass is 16.3. The molecule has 0 saturated carbocycles. The van der Waals surface area contributed by atoms with Crippen LogP contribution in [0.2, 0.25) is 0 Å². The van der Waals surface area contributed by atoms with E-state index in [0.29, 0.717) is 17.5 Å². The average Bonchev–Trinajstić information content (AvgIpc) is 3.69. The highest BCUT2D eigenvalue weighted by Gasteiger charge is 2.18. The smallest absolute Gasteiger partial charge is 0.164 e. The van der Waals surface area contributed by atoms with E-state index in [4.69, 9.17) is 29.3 Å². The Balaban J connectivity index is 1.05. The third-order valence-corrected chi connectivity index (χ3v) is 11.1. The number of para-hydroxylation sites is 1. The summed E-state index contributed by atoms with van der Waals surface area (Å²) in [6.45, 7) is 0. The van der Waals surface area contributed by atoms with Crippen molar-refractivity contribution >= 4 is 65.6 Å². The Morgan fingerprint density at radius 3 is 1.34 bits per heavy atom. The highest BCUT2D eigenvalue weighted by Crippen LogP contribution is 2.38. The minimum Gasteiger partial charge on any atom is -0.456 e. The van der Waals surface area contributed by atoms with E-state index in [1.807, 2.05) is 79.4 Å². The van der Waals surface area contributed by atoms with E-state index in [1.54, 1.807) is 0 Å². The third kappa shape index (κ3) is 5.49. The van der Waals surface area contributed by atoms with E-state index < -0.39 is 0 Å². The maximum Gasteiger partial charge on any atom is 0.164 e. The molecule has 6 aromatic heterocycles. The van der Waals surface area contributed by atoms with Crippen LogP contribution in [0.15, 0.2) is 181 Å². The Bertz CT molecular complexity index is 3470. The molecular formula is C51H29N7O. The molecule has 12 aromatic rings. The molecule has 0 radical (unpaired) electrons. The first kappa shape index (κ1) is 33.0. The van der Waals surface area contributed by atoms with Crippen molar-refractivity contribution in [2.24, 2.45) is 0 Å². The second-order valence-corrected chi connectivity index (χ2v) is 14.6.